The number of aliphatic hydroxyl groups is 1. The highest BCUT2D eigenvalue weighted by molar-refractivity contribution is 4.96. The maximum Gasteiger partial charge on any atom is 0.232 e. The lowest BCUT2D eigenvalue weighted by molar-refractivity contribution is 0.151. The van der Waals surface area contributed by atoms with E-state index in [1.165, 1.54) is 12.8 Å². The Morgan fingerprint density at radius 3 is 2.79 bits per heavy atom. The van der Waals surface area contributed by atoms with Crippen LogP contribution in [0, 0.1) is 5.92 Å². The standard InChI is InChI=1S/C10H16N2O2/c1-6(7(2)13)10-11-9(12-14-10)5-8-3-4-8/h6-8,13H,3-5H2,1-2H3. The first-order chi connectivity index (χ1) is 6.66. The van der Waals surface area contributed by atoms with E-state index in [4.69, 9.17) is 4.52 Å². The van der Waals surface area contributed by atoms with Gasteiger partial charge in [-0.1, -0.05) is 12.1 Å². The lowest BCUT2D eigenvalue weighted by Crippen LogP contribution is -2.11. The van der Waals surface area contributed by atoms with E-state index in [0.29, 0.717) is 5.89 Å². The van der Waals surface area contributed by atoms with Gasteiger partial charge in [-0.25, -0.2) is 0 Å². The molecule has 1 saturated carbocycles. The first-order valence-corrected chi connectivity index (χ1v) is 5.17. The number of aromatic nitrogens is 2. The van der Waals surface area contributed by atoms with Gasteiger partial charge in [-0.15, -0.1) is 0 Å². The molecule has 1 aromatic rings. The van der Waals surface area contributed by atoms with Crippen molar-refractivity contribution in [3.05, 3.63) is 11.7 Å². The monoisotopic (exact) mass is 196 g/mol. The minimum Gasteiger partial charge on any atom is -0.393 e. The van der Waals surface area contributed by atoms with Crippen molar-refractivity contribution in [3.8, 4) is 0 Å². The van der Waals surface area contributed by atoms with Gasteiger partial charge in [-0.2, -0.15) is 4.98 Å². The average molecular weight is 196 g/mol. The quantitative estimate of drug-likeness (QED) is 0.793. The van der Waals surface area contributed by atoms with Gasteiger partial charge in [0.25, 0.3) is 0 Å². The van der Waals surface area contributed by atoms with Gasteiger partial charge < -0.3 is 9.63 Å². The fraction of sp³-hybridized carbons (Fsp3) is 0.800. The van der Waals surface area contributed by atoms with Crippen LogP contribution in [0.5, 0.6) is 0 Å². The average Bonchev–Trinajstić information content (AvgIpc) is 2.81. The van der Waals surface area contributed by atoms with Gasteiger partial charge in [-0.05, 0) is 25.7 Å². The molecule has 1 aromatic heterocycles. The van der Waals surface area contributed by atoms with E-state index >= 15 is 0 Å². The first kappa shape index (κ1) is 9.65. The molecule has 1 aliphatic carbocycles. The van der Waals surface area contributed by atoms with Crippen molar-refractivity contribution in [3.63, 3.8) is 0 Å². The fourth-order valence-electron chi connectivity index (χ4n) is 1.32. The maximum absolute atomic E-state index is 9.35. The lowest BCUT2D eigenvalue weighted by Gasteiger charge is -2.07. The van der Waals surface area contributed by atoms with Gasteiger partial charge in [0.15, 0.2) is 5.82 Å². The Balaban J connectivity index is 2.00. The van der Waals surface area contributed by atoms with Crippen LogP contribution in [-0.4, -0.2) is 21.4 Å². The highest BCUT2D eigenvalue weighted by Gasteiger charge is 2.25. The summed E-state index contributed by atoms with van der Waals surface area (Å²) in [5.41, 5.74) is 0. The summed E-state index contributed by atoms with van der Waals surface area (Å²) in [6.45, 7) is 3.62. The third kappa shape index (κ3) is 2.12. The highest BCUT2D eigenvalue weighted by Crippen LogP contribution is 2.32. The summed E-state index contributed by atoms with van der Waals surface area (Å²) in [6.07, 6.45) is 3.06. The second-order valence-corrected chi connectivity index (χ2v) is 4.23. The zero-order chi connectivity index (χ0) is 10.1. The highest BCUT2D eigenvalue weighted by atomic mass is 16.5. The molecule has 0 radical (unpaired) electrons. The van der Waals surface area contributed by atoms with Gasteiger partial charge in [-0.3, -0.25) is 0 Å². The molecule has 2 unspecified atom stereocenters. The van der Waals surface area contributed by atoms with E-state index in [1.807, 2.05) is 6.92 Å². The van der Waals surface area contributed by atoms with Crippen molar-refractivity contribution in [1.29, 1.82) is 0 Å². The Kier molecular flexibility index (Phi) is 2.54. The summed E-state index contributed by atoms with van der Waals surface area (Å²) in [6, 6.07) is 0. The van der Waals surface area contributed by atoms with Crippen LogP contribution < -0.4 is 0 Å². The van der Waals surface area contributed by atoms with Gasteiger partial charge in [0.1, 0.15) is 0 Å². The van der Waals surface area contributed by atoms with Crippen LogP contribution in [0.15, 0.2) is 4.52 Å². The van der Waals surface area contributed by atoms with Crippen LogP contribution in [0.1, 0.15) is 44.3 Å². The Hall–Kier alpha value is -0.900. The molecule has 0 saturated heterocycles. The van der Waals surface area contributed by atoms with E-state index in [1.54, 1.807) is 6.92 Å². The summed E-state index contributed by atoms with van der Waals surface area (Å²) in [4.78, 5) is 4.27. The minimum atomic E-state index is -0.441. The minimum absolute atomic E-state index is 0.0737. The summed E-state index contributed by atoms with van der Waals surface area (Å²) in [5.74, 6) is 2.03. The molecule has 0 aliphatic heterocycles. The van der Waals surface area contributed by atoms with Crippen molar-refractivity contribution in [2.24, 2.45) is 5.92 Å². The molecule has 0 bridgehead atoms. The topological polar surface area (TPSA) is 59.2 Å². The normalized spacial score (nSPS) is 20.8. The van der Waals surface area contributed by atoms with Gasteiger partial charge in [0, 0.05) is 6.42 Å². The second-order valence-electron chi connectivity index (χ2n) is 4.23. The third-order valence-corrected chi connectivity index (χ3v) is 2.77. The molecule has 1 fully saturated rings. The van der Waals surface area contributed by atoms with Crippen LogP contribution in [0.3, 0.4) is 0 Å². The largest absolute Gasteiger partial charge is 0.393 e. The van der Waals surface area contributed by atoms with Crippen molar-refractivity contribution >= 4 is 0 Å². The van der Waals surface area contributed by atoms with E-state index in [0.717, 1.165) is 18.2 Å². The molecular weight excluding hydrogens is 180 g/mol. The van der Waals surface area contributed by atoms with E-state index < -0.39 is 6.10 Å². The Morgan fingerprint density at radius 2 is 2.21 bits per heavy atom. The Bertz CT molecular complexity index is 305. The molecule has 2 rings (SSSR count). The van der Waals surface area contributed by atoms with Gasteiger partial charge in [0.2, 0.25) is 5.89 Å². The third-order valence-electron chi connectivity index (χ3n) is 2.77. The van der Waals surface area contributed by atoms with E-state index in [9.17, 15) is 5.11 Å². The molecule has 1 N–H and O–H groups in total. The van der Waals surface area contributed by atoms with Gasteiger partial charge >= 0.3 is 0 Å². The SMILES string of the molecule is CC(O)C(C)c1nc(CC2CC2)no1. The molecule has 1 aliphatic rings. The molecular formula is C10H16N2O2. The molecule has 14 heavy (non-hydrogen) atoms. The lowest BCUT2D eigenvalue weighted by atomic mass is 10.1. The van der Waals surface area contributed by atoms with Crippen molar-refractivity contribution in [1.82, 2.24) is 10.1 Å². The predicted molar refractivity (Wildman–Crippen MR) is 50.8 cm³/mol. The molecule has 0 spiro atoms. The zero-order valence-corrected chi connectivity index (χ0v) is 8.60. The summed E-state index contributed by atoms with van der Waals surface area (Å²) in [7, 11) is 0. The zero-order valence-electron chi connectivity index (χ0n) is 8.60. The number of nitrogens with zero attached hydrogens (tertiary/aromatic N) is 2. The van der Waals surface area contributed by atoms with Crippen molar-refractivity contribution < 1.29 is 9.63 Å². The molecule has 1 heterocycles. The summed E-state index contributed by atoms with van der Waals surface area (Å²) < 4.78 is 5.10. The van der Waals surface area contributed by atoms with Crippen LogP contribution in [0.25, 0.3) is 0 Å². The molecule has 0 amide bonds. The second kappa shape index (κ2) is 3.69. The summed E-state index contributed by atoms with van der Waals surface area (Å²) in [5, 5.41) is 13.3. The molecule has 0 aromatic carbocycles. The van der Waals surface area contributed by atoms with Crippen LogP contribution in [0.2, 0.25) is 0 Å². The van der Waals surface area contributed by atoms with Crippen LogP contribution in [0.4, 0.5) is 0 Å². The maximum atomic E-state index is 9.35. The van der Waals surface area contributed by atoms with Crippen molar-refractivity contribution in [2.45, 2.75) is 45.1 Å². The molecule has 4 nitrogen and oxygen atoms in total. The molecule has 4 heteroatoms. The number of hydrogen-bond acceptors (Lipinski definition) is 4. The van der Waals surface area contributed by atoms with E-state index in [-0.39, 0.29) is 5.92 Å². The van der Waals surface area contributed by atoms with E-state index in [2.05, 4.69) is 10.1 Å². The Labute approximate surface area is 83.3 Å². The number of aliphatic hydroxyl groups excluding tert-OH is 1. The number of hydrogen-bond donors (Lipinski definition) is 1. The fourth-order valence-corrected chi connectivity index (χ4v) is 1.32. The van der Waals surface area contributed by atoms with Gasteiger partial charge in [0.05, 0.1) is 12.0 Å². The summed E-state index contributed by atoms with van der Waals surface area (Å²) >= 11 is 0. The Morgan fingerprint density at radius 1 is 1.50 bits per heavy atom. The number of rotatable bonds is 4. The predicted octanol–water partition coefficient (Wildman–Crippen LogP) is 1.51. The van der Waals surface area contributed by atoms with Crippen molar-refractivity contribution in [2.75, 3.05) is 0 Å². The smallest absolute Gasteiger partial charge is 0.232 e. The van der Waals surface area contributed by atoms with Crippen LogP contribution >= 0.6 is 0 Å². The molecule has 78 valence electrons. The molecule has 2 atom stereocenters. The van der Waals surface area contributed by atoms with Crippen LogP contribution in [-0.2, 0) is 6.42 Å². The first-order valence-electron chi connectivity index (χ1n) is 5.17.